The summed E-state index contributed by atoms with van der Waals surface area (Å²) in [7, 11) is 0. The van der Waals surface area contributed by atoms with Crippen LogP contribution >= 0.6 is 0 Å². The van der Waals surface area contributed by atoms with Gasteiger partial charge in [0.1, 0.15) is 0 Å². The third-order valence-electron chi connectivity index (χ3n) is 3.01. The first-order chi connectivity index (χ1) is 7.77. The van der Waals surface area contributed by atoms with E-state index in [9.17, 15) is 4.79 Å². The normalized spacial score (nSPS) is 23.2. The molecule has 2 atom stereocenters. The molecule has 0 aromatic rings. The number of nitrogens with two attached hydrogens (primary N) is 2. The van der Waals surface area contributed by atoms with Crippen molar-refractivity contribution < 1.29 is 9.53 Å². The van der Waals surface area contributed by atoms with Gasteiger partial charge in [-0.05, 0) is 32.2 Å². The predicted octanol–water partition coefficient (Wildman–Crippen LogP) is 0.0376. The number of ether oxygens (including phenoxy) is 1. The highest BCUT2D eigenvalue weighted by molar-refractivity contribution is 5.37. The Bertz CT molecular complexity index is 202. The van der Waals surface area contributed by atoms with E-state index in [4.69, 9.17) is 16.2 Å². The molecule has 0 saturated carbocycles. The second kappa shape index (κ2) is 7.60. The first-order valence-corrected chi connectivity index (χ1v) is 6.06. The van der Waals surface area contributed by atoms with E-state index in [-0.39, 0.29) is 12.3 Å². The molecule has 1 aliphatic heterocycles. The summed E-state index contributed by atoms with van der Waals surface area (Å²) in [6, 6.07) is 0.155. The molecule has 0 radical (unpaired) electrons. The number of hydrogen-bond acceptors (Lipinski definition) is 5. The molecule has 16 heavy (non-hydrogen) atoms. The molecule has 94 valence electrons. The Morgan fingerprint density at radius 1 is 1.50 bits per heavy atom. The fraction of sp³-hybridized carbons (Fsp3) is 0.909. The van der Waals surface area contributed by atoms with Crippen molar-refractivity contribution in [3.05, 3.63) is 0 Å². The van der Waals surface area contributed by atoms with Crippen LogP contribution in [0.5, 0.6) is 0 Å². The first-order valence-electron chi connectivity index (χ1n) is 6.06. The van der Waals surface area contributed by atoms with E-state index in [1.165, 1.54) is 0 Å². The maximum atomic E-state index is 10.3. The predicted molar refractivity (Wildman–Crippen MR) is 62.6 cm³/mol. The van der Waals surface area contributed by atoms with E-state index in [1.807, 2.05) is 0 Å². The molecular weight excluding hydrogens is 206 g/mol. The second-order valence-corrected chi connectivity index (χ2v) is 4.37. The van der Waals surface area contributed by atoms with Crippen LogP contribution in [-0.4, -0.2) is 43.3 Å². The van der Waals surface area contributed by atoms with Crippen molar-refractivity contribution in [2.75, 3.05) is 19.6 Å². The average Bonchev–Trinajstić information content (AvgIpc) is 2.67. The first kappa shape index (κ1) is 13.4. The van der Waals surface area contributed by atoms with Crippen LogP contribution in [0.3, 0.4) is 0 Å². The summed E-state index contributed by atoms with van der Waals surface area (Å²) in [5, 5.41) is 0. The Morgan fingerprint density at radius 3 is 3.00 bits per heavy atom. The SMILES string of the molecule is NCCCCC(N)CN1CCCC1OC=O. The van der Waals surface area contributed by atoms with Gasteiger partial charge in [0.25, 0.3) is 6.47 Å². The number of unbranched alkanes of at least 4 members (excludes halogenated alkanes) is 1. The van der Waals surface area contributed by atoms with Crippen LogP contribution in [0.2, 0.25) is 0 Å². The smallest absolute Gasteiger partial charge is 0.294 e. The Balaban J connectivity index is 2.21. The Hall–Kier alpha value is -0.650. The number of nitrogens with zero attached hydrogens (tertiary/aromatic N) is 1. The average molecular weight is 229 g/mol. The summed E-state index contributed by atoms with van der Waals surface area (Å²) >= 11 is 0. The van der Waals surface area contributed by atoms with E-state index >= 15 is 0 Å². The summed E-state index contributed by atoms with van der Waals surface area (Å²) in [5.41, 5.74) is 11.5. The molecule has 0 spiro atoms. The van der Waals surface area contributed by atoms with Crippen molar-refractivity contribution in [3.63, 3.8) is 0 Å². The van der Waals surface area contributed by atoms with Crippen LogP contribution in [-0.2, 0) is 9.53 Å². The molecule has 1 fully saturated rings. The van der Waals surface area contributed by atoms with Crippen molar-refractivity contribution in [1.82, 2.24) is 4.90 Å². The van der Waals surface area contributed by atoms with Crippen LogP contribution in [0.15, 0.2) is 0 Å². The van der Waals surface area contributed by atoms with E-state index < -0.39 is 0 Å². The number of rotatable bonds is 8. The Kier molecular flexibility index (Phi) is 6.37. The lowest BCUT2D eigenvalue weighted by Crippen LogP contribution is -2.41. The molecule has 1 heterocycles. The van der Waals surface area contributed by atoms with Gasteiger partial charge in [-0.3, -0.25) is 9.69 Å². The maximum absolute atomic E-state index is 10.3. The van der Waals surface area contributed by atoms with Crippen LogP contribution in [0, 0.1) is 0 Å². The van der Waals surface area contributed by atoms with Gasteiger partial charge in [-0.1, -0.05) is 6.42 Å². The largest absolute Gasteiger partial charge is 0.449 e. The monoisotopic (exact) mass is 229 g/mol. The van der Waals surface area contributed by atoms with Crippen LogP contribution in [0.25, 0.3) is 0 Å². The molecule has 0 aliphatic carbocycles. The minimum atomic E-state index is -0.0574. The minimum absolute atomic E-state index is 0.0574. The van der Waals surface area contributed by atoms with Gasteiger partial charge < -0.3 is 16.2 Å². The molecule has 4 N–H and O–H groups in total. The minimum Gasteiger partial charge on any atom is -0.449 e. The summed E-state index contributed by atoms with van der Waals surface area (Å²) < 4.78 is 5.01. The van der Waals surface area contributed by atoms with Crippen LogP contribution in [0.1, 0.15) is 32.1 Å². The summed E-state index contributed by atoms with van der Waals surface area (Å²) in [5.74, 6) is 0. The number of likely N-dealkylation sites (tertiary alicyclic amines) is 1. The molecule has 0 aromatic carbocycles. The summed E-state index contributed by atoms with van der Waals surface area (Å²) in [6.07, 6.45) is 5.04. The molecule has 5 nitrogen and oxygen atoms in total. The molecule has 0 aromatic heterocycles. The highest BCUT2D eigenvalue weighted by atomic mass is 16.5. The van der Waals surface area contributed by atoms with Gasteiger partial charge in [0.15, 0.2) is 6.23 Å². The zero-order chi connectivity index (χ0) is 11.8. The van der Waals surface area contributed by atoms with Gasteiger partial charge >= 0.3 is 0 Å². The maximum Gasteiger partial charge on any atom is 0.294 e. The van der Waals surface area contributed by atoms with Crippen molar-refractivity contribution in [2.24, 2.45) is 11.5 Å². The summed E-state index contributed by atoms with van der Waals surface area (Å²) in [4.78, 5) is 12.5. The van der Waals surface area contributed by atoms with Crippen molar-refractivity contribution in [3.8, 4) is 0 Å². The lowest BCUT2D eigenvalue weighted by molar-refractivity contribution is -0.140. The lowest BCUT2D eigenvalue weighted by Gasteiger charge is -2.25. The van der Waals surface area contributed by atoms with Gasteiger partial charge in [0.2, 0.25) is 0 Å². The van der Waals surface area contributed by atoms with Gasteiger partial charge in [-0.25, -0.2) is 0 Å². The topological polar surface area (TPSA) is 81.6 Å². The van der Waals surface area contributed by atoms with Gasteiger partial charge in [0, 0.05) is 19.1 Å². The highest BCUT2D eigenvalue weighted by Crippen LogP contribution is 2.18. The van der Waals surface area contributed by atoms with Gasteiger partial charge in [-0.15, -0.1) is 0 Å². The van der Waals surface area contributed by atoms with Crippen molar-refractivity contribution in [2.45, 2.75) is 44.4 Å². The zero-order valence-electron chi connectivity index (χ0n) is 9.81. The molecule has 0 amide bonds. The number of carbonyl (C=O) groups is 1. The van der Waals surface area contributed by atoms with E-state index in [1.54, 1.807) is 0 Å². The van der Waals surface area contributed by atoms with Crippen LogP contribution < -0.4 is 11.5 Å². The van der Waals surface area contributed by atoms with Gasteiger partial charge in [0.05, 0.1) is 0 Å². The zero-order valence-corrected chi connectivity index (χ0v) is 9.81. The standard InChI is InChI=1S/C11H23N3O2/c12-6-2-1-4-10(13)8-14-7-3-5-11(14)16-9-15/h9-11H,1-8,12-13H2. The molecule has 5 heteroatoms. The quantitative estimate of drug-likeness (QED) is 0.453. The van der Waals surface area contributed by atoms with E-state index in [2.05, 4.69) is 4.90 Å². The van der Waals surface area contributed by atoms with E-state index in [0.717, 1.165) is 51.7 Å². The third-order valence-corrected chi connectivity index (χ3v) is 3.01. The lowest BCUT2D eigenvalue weighted by atomic mass is 10.1. The van der Waals surface area contributed by atoms with Crippen molar-refractivity contribution in [1.29, 1.82) is 0 Å². The Morgan fingerprint density at radius 2 is 2.31 bits per heavy atom. The highest BCUT2D eigenvalue weighted by Gasteiger charge is 2.26. The second-order valence-electron chi connectivity index (χ2n) is 4.37. The number of carbonyl (C=O) groups excluding carboxylic acids is 1. The number of hydrogen-bond donors (Lipinski definition) is 2. The fourth-order valence-electron chi connectivity index (χ4n) is 2.17. The molecule has 1 saturated heterocycles. The Labute approximate surface area is 97.1 Å². The molecule has 0 bridgehead atoms. The fourth-order valence-corrected chi connectivity index (χ4v) is 2.17. The van der Waals surface area contributed by atoms with Crippen molar-refractivity contribution >= 4 is 6.47 Å². The molecule has 1 aliphatic rings. The molecule has 2 unspecified atom stereocenters. The van der Waals surface area contributed by atoms with Gasteiger partial charge in [-0.2, -0.15) is 0 Å². The van der Waals surface area contributed by atoms with E-state index in [0.29, 0.717) is 6.47 Å². The third kappa shape index (κ3) is 4.47. The molecule has 1 rings (SSSR count). The summed E-state index contributed by atoms with van der Waals surface area (Å²) in [6.45, 7) is 3.04. The molecular formula is C11H23N3O2. The van der Waals surface area contributed by atoms with Crippen LogP contribution in [0.4, 0.5) is 0 Å².